The van der Waals surface area contributed by atoms with E-state index in [0.717, 1.165) is 20.1 Å². The number of rotatable bonds is 3. The van der Waals surface area contributed by atoms with Crippen LogP contribution in [0.5, 0.6) is 0 Å². The minimum Gasteiger partial charge on any atom is -0.481 e. The van der Waals surface area contributed by atoms with Crippen molar-refractivity contribution in [1.29, 1.82) is 0 Å². The van der Waals surface area contributed by atoms with E-state index in [-0.39, 0.29) is 0 Å². The Hall–Kier alpha value is -1.27. The monoisotopic (exact) mass is 326 g/mol. The number of hydrogen-bond donors (Lipinski definition) is 1. The number of carbonyl (C=O) groups is 1. The highest BCUT2D eigenvalue weighted by atomic mass is 79.9. The van der Waals surface area contributed by atoms with Crippen molar-refractivity contribution in [3.8, 4) is 10.6 Å². The average molecular weight is 327 g/mol. The van der Waals surface area contributed by atoms with E-state index in [4.69, 9.17) is 5.11 Å². The number of halogens is 1. The van der Waals surface area contributed by atoms with E-state index >= 15 is 0 Å². The van der Waals surface area contributed by atoms with Crippen molar-refractivity contribution in [3.63, 3.8) is 0 Å². The van der Waals surface area contributed by atoms with E-state index in [9.17, 15) is 4.79 Å². The molecule has 1 atom stereocenters. The van der Waals surface area contributed by atoms with Gasteiger partial charge in [-0.15, -0.1) is 11.3 Å². The van der Waals surface area contributed by atoms with Gasteiger partial charge in [0.15, 0.2) is 0 Å². The number of nitrogens with zero attached hydrogens (tertiary/aromatic N) is 2. The third-order valence-corrected chi connectivity index (χ3v) is 4.10. The van der Waals surface area contributed by atoms with Gasteiger partial charge in [-0.3, -0.25) is 4.79 Å². The van der Waals surface area contributed by atoms with Gasteiger partial charge < -0.3 is 5.11 Å². The van der Waals surface area contributed by atoms with Gasteiger partial charge in [0.1, 0.15) is 11.7 Å². The molecule has 1 unspecified atom stereocenters. The van der Waals surface area contributed by atoms with Gasteiger partial charge in [-0.25, -0.2) is 9.97 Å². The third-order valence-electron chi connectivity index (χ3n) is 2.45. The third kappa shape index (κ3) is 2.76. The van der Waals surface area contributed by atoms with Crippen molar-refractivity contribution < 1.29 is 9.90 Å². The van der Waals surface area contributed by atoms with Crippen LogP contribution in [0.2, 0.25) is 0 Å². The lowest BCUT2D eigenvalue weighted by atomic mass is 10.1. The summed E-state index contributed by atoms with van der Waals surface area (Å²) in [5, 5.41) is 9.01. The topological polar surface area (TPSA) is 63.1 Å². The standard InChI is InChI=1S/C12H11BrN2O2S/c1-6-5-8(9-3-4-10(13)18-9)15-11(14-6)7(2)12(16)17/h3-5,7H,1-2H3,(H,16,17). The molecule has 18 heavy (non-hydrogen) atoms. The van der Waals surface area contributed by atoms with E-state index in [1.165, 1.54) is 0 Å². The van der Waals surface area contributed by atoms with Crippen molar-refractivity contribution in [1.82, 2.24) is 9.97 Å². The highest BCUT2D eigenvalue weighted by Gasteiger charge is 2.18. The molecule has 0 radical (unpaired) electrons. The van der Waals surface area contributed by atoms with Gasteiger partial charge in [0.2, 0.25) is 0 Å². The van der Waals surface area contributed by atoms with Crippen molar-refractivity contribution >= 4 is 33.2 Å². The first-order chi connectivity index (χ1) is 8.47. The van der Waals surface area contributed by atoms with Gasteiger partial charge in [0, 0.05) is 5.69 Å². The molecular formula is C12H11BrN2O2S. The molecule has 0 aliphatic carbocycles. The Kier molecular flexibility index (Phi) is 3.77. The van der Waals surface area contributed by atoms with Crippen LogP contribution in [0, 0.1) is 6.92 Å². The second kappa shape index (κ2) is 5.16. The molecule has 0 spiro atoms. The maximum absolute atomic E-state index is 11.0. The van der Waals surface area contributed by atoms with Crippen LogP contribution in [-0.2, 0) is 4.79 Å². The fourth-order valence-corrected chi connectivity index (χ4v) is 2.82. The zero-order valence-electron chi connectivity index (χ0n) is 9.85. The molecule has 0 aliphatic heterocycles. The predicted molar refractivity (Wildman–Crippen MR) is 73.8 cm³/mol. The molecule has 0 saturated heterocycles. The summed E-state index contributed by atoms with van der Waals surface area (Å²) in [7, 11) is 0. The van der Waals surface area contributed by atoms with Crippen LogP contribution in [0.4, 0.5) is 0 Å². The molecule has 0 saturated carbocycles. The molecule has 0 bridgehead atoms. The number of aliphatic carboxylic acids is 1. The Bertz CT molecular complexity index is 598. The summed E-state index contributed by atoms with van der Waals surface area (Å²) in [4.78, 5) is 20.5. The summed E-state index contributed by atoms with van der Waals surface area (Å²) in [6.07, 6.45) is 0. The maximum atomic E-state index is 11.0. The Labute approximate surface area is 117 Å². The molecular weight excluding hydrogens is 316 g/mol. The summed E-state index contributed by atoms with van der Waals surface area (Å²) >= 11 is 4.96. The van der Waals surface area contributed by atoms with E-state index in [2.05, 4.69) is 25.9 Å². The molecule has 4 nitrogen and oxygen atoms in total. The van der Waals surface area contributed by atoms with E-state index in [1.54, 1.807) is 18.3 Å². The van der Waals surface area contributed by atoms with Crippen LogP contribution in [0.25, 0.3) is 10.6 Å². The second-order valence-corrected chi connectivity index (χ2v) is 6.38. The summed E-state index contributed by atoms with van der Waals surface area (Å²) in [5.41, 5.74) is 1.54. The smallest absolute Gasteiger partial charge is 0.313 e. The summed E-state index contributed by atoms with van der Waals surface area (Å²) in [5.74, 6) is -1.27. The van der Waals surface area contributed by atoms with Gasteiger partial charge in [0.05, 0.1) is 14.4 Å². The zero-order valence-corrected chi connectivity index (χ0v) is 12.2. The molecule has 6 heteroatoms. The lowest BCUT2D eigenvalue weighted by Gasteiger charge is -2.07. The molecule has 2 aromatic rings. The lowest BCUT2D eigenvalue weighted by molar-refractivity contribution is -0.138. The first-order valence-corrected chi connectivity index (χ1v) is 6.92. The number of carboxylic acid groups (broad SMARTS) is 1. The highest BCUT2D eigenvalue weighted by molar-refractivity contribution is 9.11. The van der Waals surface area contributed by atoms with Crippen molar-refractivity contribution in [2.75, 3.05) is 0 Å². The Balaban J connectivity index is 2.47. The summed E-state index contributed by atoms with van der Waals surface area (Å²) in [6.45, 7) is 3.43. The summed E-state index contributed by atoms with van der Waals surface area (Å²) in [6, 6.07) is 5.75. The number of aromatic nitrogens is 2. The van der Waals surface area contributed by atoms with Crippen LogP contribution in [-0.4, -0.2) is 21.0 Å². The van der Waals surface area contributed by atoms with Gasteiger partial charge in [-0.05, 0) is 48.0 Å². The van der Waals surface area contributed by atoms with E-state index in [1.807, 2.05) is 25.1 Å². The number of carboxylic acids is 1. The van der Waals surface area contributed by atoms with Crippen LogP contribution in [0.3, 0.4) is 0 Å². The average Bonchev–Trinajstić information content (AvgIpc) is 2.74. The summed E-state index contributed by atoms with van der Waals surface area (Å²) < 4.78 is 1.02. The molecule has 1 N–H and O–H groups in total. The van der Waals surface area contributed by atoms with Crippen molar-refractivity contribution in [2.45, 2.75) is 19.8 Å². The Morgan fingerprint density at radius 3 is 2.72 bits per heavy atom. The zero-order chi connectivity index (χ0) is 13.3. The Morgan fingerprint density at radius 2 is 2.17 bits per heavy atom. The van der Waals surface area contributed by atoms with Crippen molar-refractivity contribution in [2.24, 2.45) is 0 Å². The molecule has 94 valence electrons. The van der Waals surface area contributed by atoms with Crippen molar-refractivity contribution in [3.05, 3.63) is 33.5 Å². The second-order valence-electron chi connectivity index (χ2n) is 3.92. The maximum Gasteiger partial charge on any atom is 0.313 e. The van der Waals surface area contributed by atoms with Crippen LogP contribution in [0.1, 0.15) is 24.4 Å². The molecule has 2 rings (SSSR count). The van der Waals surface area contributed by atoms with Gasteiger partial charge in [-0.1, -0.05) is 0 Å². The van der Waals surface area contributed by atoms with Crippen LogP contribution in [0.15, 0.2) is 22.0 Å². The first-order valence-electron chi connectivity index (χ1n) is 5.31. The van der Waals surface area contributed by atoms with E-state index < -0.39 is 11.9 Å². The van der Waals surface area contributed by atoms with Gasteiger partial charge in [-0.2, -0.15) is 0 Å². The number of aryl methyl sites for hydroxylation is 1. The first kappa shape index (κ1) is 13.2. The molecule has 2 aromatic heterocycles. The van der Waals surface area contributed by atoms with E-state index in [0.29, 0.717) is 5.82 Å². The number of thiophene rings is 1. The van der Waals surface area contributed by atoms with Gasteiger partial charge in [0.25, 0.3) is 0 Å². The molecule has 2 heterocycles. The lowest BCUT2D eigenvalue weighted by Crippen LogP contribution is -2.12. The SMILES string of the molecule is Cc1cc(-c2ccc(Br)s2)nc(C(C)C(=O)O)n1. The fourth-order valence-electron chi connectivity index (χ4n) is 1.47. The number of hydrogen-bond acceptors (Lipinski definition) is 4. The van der Waals surface area contributed by atoms with Crippen LogP contribution >= 0.6 is 27.3 Å². The molecule has 0 fully saturated rings. The fraction of sp³-hybridized carbons (Fsp3) is 0.250. The minimum absolute atomic E-state index is 0.349. The molecule has 0 aromatic carbocycles. The van der Waals surface area contributed by atoms with Crippen LogP contribution < -0.4 is 0 Å². The Morgan fingerprint density at radius 1 is 1.44 bits per heavy atom. The minimum atomic E-state index is -0.918. The normalized spacial score (nSPS) is 12.4. The highest BCUT2D eigenvalue weighted by Crippen LogP contribution is 2.30. The predicted octanol–water partition coefficient (Wildman–Crippen LogP) is 3.46. The molecule has 0 amide bonds. The van der Waals surface area contributed by atoms with Gasteiger partial charge >= 0.3 is 5.97 Å². The quantitative estimate of drug-likeness (QED) is 0.938. The molecule has 0 aliphatic rings. The largest absolute Gasteiger partial charge is 0.481 e.